The van der Waals surface area contributed by atoms with Crippen molar-refractivity contribution in [3.8, 4) is 5.75 Å². The molecule has 2 rings (SSSR count). The number of amides is 1. The number of ether oxygens (including phenoxy) is 1. The Morgan fingerprint density at radius 2 is 1.84 bits per heavy atom. The van der Waals surface area contributed by atoms with Gasteiger partial charge in [-0.3, -0.25) is 4.79 Å². The molecule has 0 unspecified atom stereocenters. The summed E-state index contributed by atoms with van der Waals surface area (Å²) in [6.45, 7) is 6.76. The Hall–Kier alpha value is -2.27. The van der Waals surface area contributed by atoms with Gasteiger partial charge in [0, 0.05) is 5.75 Å². The van der Waals surface area contributed by atoms with E-state index < -0.39 is 0 Å². The van der Waals surface area contributed by atoms with Crippen LogP contribution in [0.4, 0.5) is 0 Å². The van der Waals surface area contributed by atoms with E-state index in [-0.39, 0.29) is 5.91 Å². The van der Waals surface area contributed by atoms with Gasteiger partial charge in [0.15, 0.2) is 0 Å². The Morgan fingerprint density at radius 3 is 2.48 bits per heavy atom. The van der Waals surface area contributed by atoms with E-state index in [0.29, 0.717) is 12.4 Å². The number of aryl methyl sites for hydroxylation is 2. The first-order chi connectivity index (χ1) is 12.1. The van der Waals surface area contributed by atoms with Crippen LogP contribution >= 0.6 is 11.8 Å². The molecule has 0 bridgehead atoms. The highest BCUT2D eigenvalue weighted by Crippen LogP contribution is 2.15. The van der Waals surface area contributed by atoms with E-state index in [2.05, 4.69) is 42.6 Å². The van der Waals surface area contributed by atoms with E-state index in [1.807, 2.05) is 31.2 Å². The van der Waals surface area contributed by atoms with Gasteiger partial charge < -0.3 is 4.74 Å². The fourth-order valence-corrected chi connectivity index (χ4v) is 3.20. The van der Waals surface area contributed by atoms with Crippen LogP contribution in [-0.4, -0.2) is 24.5 Å². The molecule has 1 N–H and O–H groups in total. The minimum Gasteiger partial charge on any atom is -0.494 e. The fraction of sp³-hybridized carbons (Fsp3) is 0.300. The number of rotatable bonds is 8. The maximum Gasteiger partial charge on any atom is 0.250 e. The topological polar surface area (TPSA) is 50.7 Å². The number of nitrogens with zero attached hydrogens (tertiary/aromatic N) is 1. The lowest BCUT2D eigenvalue weighted by Gasteiger charge is -2.05. The molecule has 0 heterocycles. The van der Waals surface area contributed by atoms with Crippen LogP contribution in [0.5, 0.6) is 5.75 Å². The van der Waals surface area contributed by atoms with Crippen molar-refractivity contribution in [3.05, 3.63) is 64.7 Å². The molecule has 4 nitrogen and oxygen atoms in total. The van der Waals surface area contributed by atoms with Crippen LogP contribution in [0, 0.1) is 13.8 Å². The van der Waals surface area contributed by atoms with E-state index in [1.165, 1.54) is 16.7 Å². The molecule has 0 aliphatic carbocycles. The van der Waals surface area contributed by atoms with Crippen LogP contribution in [0.2, 0.25) is 0 Å². The Kier molecular flexibility index (Phi) is 7.54. The van der Waals surface area contributed by atoms with Gasteiger partial charge in [-0.15, -0.1) is 11.8 Å². The van der Waals surface area contributed by atoms with E-state index in [9.17, 15) is 4.79 Å². The number of hydrogen-bond donors (Lipinski definition) is 1. The number of nitrogens with one attached hydrogen (secondary N) is 1. The van der Waals surface area contributed by atoms with Gasteiger partial charge in [-0.2, -0.15) is 5.10 Å². The van der Waals surface area contributed by atoms with Crippen molar-refractivity contribution >= 4 is 23.9 Å². The molecule has 0 spiro atoms. The van der Waals surface area contributed by atoms with Gasteiger partial charge in [0.25, 0.3) is 0 Å². The molecule has 25 heavy (non-hydrogen) atoms. The number of carbonyl (C=O) groups excluding carboxylic acids is 1. The number of thioether (sulfide) groups is 1. The molecular weight excluding hydrogens is 332 g/mol. The summed E-state index contributed by atoms with van der Waals surface area (Å²) in [7, 11) is 0. The number of benzene rings is 2. The molecule has 5 heteroatoms. The lowest BCUT2D eigenvalue weighted by atomic mass is 10.1. The molecule has 0 saturated carbocycles. The van der Waals surface area contributed by atoms with E-state index in [4.69, 9.17) is 4.74 Å². The molecule has 2 aromatic rings. The minimum atomic E-state index is -0.100. The molecule has 0 atom stereocenters. The average molecular weight is 356 g/mol. The predicted octanol–water partition coefficient (Wildman–Crippen LogP) is 4.09. The lowest BCUT2D eigenvalue weighted by Crippen LogP contribution is -2.19. The predicted molar refractivity (Wildman–Crippen MR) is 105 cm³/mol. The standard InChI is InChI=1S/C20H24N2O2S/c1-4-24-19-7-5-17(6-8-19)12-21-22-20(23)14-25-13-18-10-15(2)9-16(3)11-18/h5-12H,4,13-14H2,1-3H3,(H,22,23)/b21-12+. The molecule has 0 aliphatic rings. The van der Waals surface area contributed by atoms with Crippen molar-refractivity contribution in [1.29, 1.82) is 0 Å². The van der Waals surface area contributed by atoms with Crippen molar-refractivity contribution in [2.24, 2.45) is 5.10 Å². The highest BCUT2D eigenvalue weighted by atomic mass is 32.2. The monoisotopic (exact) mass is 356 g/mol. The number of carbonyl (C=O) groups is 1. The van der Waals surface area contributed by atoms with E-state index in [1.54, 1.807) is 18.0 Å². The van der Waals surface area contributed by atoms with Gasteiger partial charge in [-0.25, -0.2) is 5.43 Å². The van der Waals surface area contributed by atoms with E-state index in [0.717, 1.165) is 17.1 Å². The summed E-state index contributed by atoms with van der Waals surface area (Å²) in [6, 6.07) is 14.0. The molecule has 0 aliphatic heterocycles. The van der Waals surface area contributed by atoms with Crippen LogP contribution in [0.15, 0.2) is 47.6 Å². The average Bonchev–Trinajstić information content (AvgIpc) is 2.56. The summed E-state index contributed by atoms with van der Waals surface area (Å²) >= 11 is 1.58. The van der Waals surface area contributed by atoms with Crippen LogP contribution in [-0.2, 0) is 10.5 Å². The second-order valence-corrected chi connectivity index (χ2v) is 6.77. The summed E-state index contributed by atoms with van der Waals surface area (Å²) in [5, 5.41) is 3.99. The number of hydrogen-bond acceptors (Lipinski definition) is 4. The van der Waals surface area contributed by atoms with Gasteiger partial charge in [-0.05, 0) is 56.2 Å². The first kappa shape index (κ1) is 19.1. The third-order valence-corrected chi connectivity index (χ3v) is 4.38. The largest absolute Gasteiger partial charge is 0.494 e. The Balaban J connectivity index is 1.72. The first-order valence-corrected chi connectivity index (χ1v) is 9.42. The maximum absolute atomic E-state index is 11.8. The van der Waals surface area contributed by atoms with Gasteiger partial charge in [0.2, 0.25) is 5.91 Å². The third kappa shape index (κ3) is 7.01. The maximum atomic E-state index is 11.8. The molecule has 0 fully saturated rings. The van der Waals surface area contributed by atoms with Gasteiger partial charge >= 0.3 is 0 Å². The van der Waals surface area contributed by atoms with Crippen molar-refractivity contribution in [2.75, 3.05) is 12.4 Å². The van der Waals surface area contributed by atoms with Crippen LogP contribution in [0.3, 0.4) is 0 Å². The molecule has 0 aromatic heterocycles. The summed E-state index contributed by atoms with van der Waals surface area (Å²) in [5.74, 6) is 1.93. The highest BCUT2D eigenvalue weighted by molar-refractivity contribution is 7.99. The first-order valence-electron chi connectivity index (χ1n) is 8.26. The molecule has 132 valence electrons. The Labute approximate surface area is 153 Å². The summed E-state index contributed by atoms with van der Waals surface area (Å²) in [6.07, 6.45) is 1.63. The zero-order chi connectivity index (χ0) is 18.1. The molecule has 2 aromatic carbocycles. The summed E-state index contributed by atoms with van der Waals surface area (Å²) < 4.78 is 5.38. The normalized spacial score (nSPS) is 10.8. The Morgan fingerprint density at radius 1 is 1.16 bits per heavy atom. The fourth-order valence-electron chi connectivity index (χ4n) is 2.44. The van der Waals surface area contributed by atoms with Crippen LogP contribution in [0.1, 0.15) is 29.2 Å². The van der Waals surface area contributed by atoms with Gasteiger partial charge in [0.1, 0.15) is 5.75 Å². The van der Waals surface area contributed by atoms with Crippen molar-refractivity contribution in [3.63, 3.8) is 0 Å². The lowest BCUT2D eigenvalue weighted by molar-refractivity contribution is -0.118. The zero-order valence-corrected chi connectivity index (χ0v) is 15.7. The molecule has 0 saturated heterocycles. The van der Waals surface area contributed by atoms with Crippen LogP contribution < -0.4 is 10.2 Å². The minimum absolute atomic E-state index is 0.100. The van der Waals surface area contributed by atoms with Crippen molar-refractivity contribution in [2.45, 2.75) is 26.5 Å². The second-order valence-electron chi connectivity index (χ2n) is 5.78. The van der Waals surface area contributed by atoms with Gasteiger partial charge in [-0.1, -0.05) is 29.3 Å². The zero-order valence-electron chi connectivity index (χ0n) is 14.9. The second kappa shape index (κ2) is 9.89. The highest BCUT2D eigenvalue weighted by Gasteiger charge is 2.02. The Bertz CT molecular complexity index is 707. The summed E-state index contributed by atoms with van der Waals surface area (Å²) in [5.41, 5.74) is 7.21. The number of hydrazone groups is 1. The quantitative estimate of drug-likeness (QED) is 0.573. The van der Waals surface area contributed by atoms with E-state index >= 15 is 0 Å². The van der Waals surface area contributed by atoms with Crippen LogP contribution in [0.25, 0.3) is 0 Å². The van der Waals surface area contributed by atoms with Crippen molar-refractivity contribution in [1.82, 2.24) is 5.43 Å². The molecule has 1 amide bonds. The SMILES string of the molecule is CCOc1ccc(/C=N/NC(=O)CSCc2cc(C)cc(C)c2)cc1. The molecule has 0 radical (unpaired) electrons. The van der Waals surface area contributed by atoms with Gasteiger partial charge in [0.05, 0.1) is 18.6 Å². The smallest absolute Gasteiger partial charge is 0.250 e. The third-order valence-electron chi connectivity index (χ3n) is 3.38. The molecular formula is C20H24N2O2S. The summed E-state index contributed by atoms with van der Waals surface area (Å²) in [4.78, 5) is 11.8. The van der Waals surface area contributed by atoms with Crippen molar-refractivity contribution < 1.29 is 9.53 Å².